The maximum Gasteiger partial charge on any atom is 0.306 e. The molecule has 0 amide bonds. The number of hydrogen-bond donors (Lipinski definition) is 3. The Kier molecular flexibility index (Phi) is 3.56. The van der Waals surface area contributed by atoms with Crippen LogP contribution >= 0.6 is 0 Å². The summed E-state index contributed by atoms with van der Waals surface area (Å²) in [6.07, 6.45) is 5.61. The third-order valence-corrected chi connectivity index (χ3v) is 5.91. The van der Waals surface area contributed by atoms with E-state index in [-0.39, 0.29) is 23.7 Å². The molecule has 3 N–H and O–H groups in total. The van der Waals surface area contributed by atoms with Crippen molar-refractivity contribution in [1.82, 2.24) is 0 Å². The zero-order valence-electron chi connectivity index (χ0n) is 11.2. The molecule has 7 atom stereocenters. The SMILES string of the molecule is O=C(O)C1CCCC2C(O)C3CCCCC3C(O)C12. The molecule has 3 aliphatic rings. The molecule has 0 aromatic rings. The summed E-state index contributed by atoms with van der Waals surface area (Å²) < 4.78 is 0. The van der Waals surface area contributed by atoms with Crippen LogP contribution in [0.2, 0.25) is 0 Å². The molecule has 3 fully saturated rings. The predicted octanol–water partition coefficient (Wildman–Crippen LogP) is 1.65. The maximum absolute atomic E-state index is 11.4. The Morgan fingerprint density at radius 1 is 0.789 bits per heavy atom. The molecular formula is C15H24O4. The molecule has 19 heavy (non-hydrogen) atoms. The van der Waals surface area contributed by atoms with Crippen LogP contribution in [0, 0.1) is 29.6 Å². The van der Waals surface area contributed by atoms with E-state index in [4.69, 9.17) is 0 Å². The van der Waals surface area contributed by atoms with E-state index in [1.54, 1.807) is 0 Å². The van der Waals surface area contributed by atoms with Crippen molar-refractivity contribution in [3.63, 3.8) is 0 Å². The number of hydrogen-bond acceptors (Lipinski definition) is 3. The van der Waals surface area contributed by atoms with Crippen LogP contribution in [0.4, 0.5) is 0 Å². The van der Waals surface area contributed by atoms with Crippen LogP contribution in [0.3, 0.4) is 0 Å². The molecule has 0 radical (unpaired) electrons. The minimum Gasteiger partial charge on any atom is -0.481 e. The Morgan fingerprint density at radius 2 is 1.37 bits per heavy atom. The van der Waals surface area contributed by atoms with Gasteiger partial charge in [-0.25, -0.2) is 0 Å². The molecule has 0 bridgehead atoms. The lowest BCUT2D eigenvalue weighted by molar-refractivity contribution is -0.176. The van der Waals surface area contributed by atoms with Crippen molar-refractivity contribution < 1.29 is 20.1 Å². The van der Waals surface area contributed by atoms with Gasteiger partial charge in [0.05, 0.1) is 18.1 Å². The van der Waals surface area contributed by atoms with Crippen LogP contribution in [0.25, 0.3) is 0 Å². The second-order valence-electron chi connectivity index (χ2n) is 6.71. The quantitative estimate of drug-likeness (QED) is 0.675. The second kappa shape index (κ2) is 5.06. The summed E-state index contributed by atoms with van der Waals surface area (Å²) >= 11 is 0. The van der Waals surface area contributed by atoms with Gasteiger partial charge >= 0.3 is 5.97 Å². The van der Waals surface area contributed by atoms with E-state index in [2.05, 4.69) is 0 Å². The van der Waals surface area contributed by atoms with E-state index in [1.807, 2.05) is 0 Å². The lowest BCUT2D eigenvalue weighted by atomic mass is 9.54. The summed E-state index contributed by atoms with van der Waals surface area (Å²) in [4.78, 5) is 11.4. The molecule has 0 spiro atoms. The van der Waals surface area contributed by atoms with E-state index in [1.165, 1.54) is 0 Å². The first kappa shape index (κ1) is 13.4. The van der Waals surface area contributed by atoms with Gasteiger partial charge in [0, 0.05) is 5.92 Å². The molecule has 3 aliphatic carbocycles. The zero-order chi connectivity index (χ0) is 13.6. The highest BCUT2D eigenvalue weighted by Crippen LogP contribution is 2.52. The number of carboxylic acid groups (broad SMARTS) is 1. The molecular weight excluding hydrogens is 244 g/mol. The molecule has 0 aromatic heterocycles. The first-order valence-electron chi connectivity index (χ1n) is 7.70. The van der Waals surface area contributed by atoms with E-state index in [9.17, 15) is 20.1 Å². The summed E-state index contributed by atoms with van der Waals surface area (Å²) in [5, 5.41) is 30.7. The van der Waals surface area contributed by atoms with Crippen LogP contribution < -0.4 is 0 Å². The number of carbonyl (C=O) groups is 1. The predicted molar refractivity (Wildman–Crippen MR) is 69.4 cm³/mol. The number of carboxylic acids is 1. The molecule has 108 valence electrons. The Bertz CT molecular complexity index is 356. The highest BCUT2D eigenvalue weighted by Gasteiger charge is 2.54. The van der Waals surface area contributed by atoms with Crippen molar-refractivity contribution in [2.45, 2.75) is 57.2 Å². The first-order chi connectivity index (χ1) is 9.11. The molecule has 3 rings (SSSR count). The molecule has 4 heteroatoms. The van der Waals surface area contributed by atoms with Gasteiger partial charge in [0.15, 0.2) is 0 Å². The fraction of sp³-hybridized carbons (Fsp3) is 0.933. The van der Waals surface area contributed by atoms with Crippen LogP contribution in [-0.2, 0) is 4.79 Å². The number of fused-ring (bicyclic) bond motifs is 2. The fourth-order valence-corrected chi connectivity index (χ4v) is 5.07. The van der Waals surface area contributed by atoms with Crippen LogP contribution in [0.15, 0.2) is 0 Å². The molecule has 4 nitrogen and oxygen atoms in total. The molecule has 0 saturated heterocycles. The van der Waals surface area contributed by atoms with E-state index >= 15 is 0 Å². The average molecular weight is 268 g/mol. The Labute approximate surface area is 113 Å². The van der Waals surface area contributed by atoms with Crippen molar-refractivity contribution in [3.05, 3.63) is 0 Å². The third-order valence-electron chi connectivity index (χ3n) is 5.91. The Balaban J connectivity index is 1.89. The Hall–Kier alpha value is -0.610. The topological polar surface area (TPSA) is 77.8 Å². The van der Waals surface area contributed by atoms with E-state index in [0.29, 0.717) is 6.42 Å². The number of aliphatic carboxylic acids is 1. The van der Waals surface area contributed by atoms with Crippen molar-refractivity contribution in [3.8, 4) is 0 Å². The van der Waals surface area contributed by atoms with E-state index < -0.39 is 24.1 Å². The molecule has 0 aromatic carbocycles. The van der Waals surface area contributed by atoms with Crippen molar-refractivity contribution in [1.29, 1.82) is 0 Å². The van der Waals surface area contributed by atoms with Gasteiger partial charge in [0.2, 0.25) is 0 Å². The Morgan fingerprint density at radius 3 is 2.00 bits per heavy atom. The van der Waals surface area contributed by atoms with E-state index in [0.717, 1.165) is 38.5 Å². The lowest BCUT2D eigenvalue weighted by Gasteiger charge is -2.53. The number of aliphatic hydroxyl groups is 2. The fourth-order valence-electron chi connectivity index (χ4n) is 5.07. The maximum atomic E-state index is 11.4. The number of rotatable bonds is 1. The normalized spacial score (nSPS) is 50.1. The zero-order valence-corrected chi connectivity index (χ0v) is 11.2. The average Bonchev–Trinajstić information content (AvgIpc) is 2.44. The second-order valence-corrected chi connectivity index (χ2v) is 6.71. The molecule has 7 unspecified atom stereocenters. The number of aliphatic hydroxyl groups excluding tert-OH is 2. The van der Waals surface area contributed by atoms with Gasteiger partial charge in [-0.15, -0.1) is 0 Å². The van der Waals surface area contributed by atoms with Crippen molar-refractivity contribution >= 4 is 5.97 Å². The highest BCUT2D eigenvalue weighted by molar-refractivity contribution is 5.70. The highest BCUT2D eigenvalue weighted by atomic mass is 16.4. The van der Waals surface area contributed by atoms with Gasteiger partial charge in [0.1, 0.15) is 0 Å². The van der Waals surface area contributed by atoms with Gasteiger partial charge in [-0.05, 0) is 43.4 Å². The summed E-state index contributed by atoms with van der Waals surface area (Å²) in [6, 6.07) is 0. The summed E-state index contributed by atoms with van der Waals surface area (Å²) in [7, 11) is 0. The monoisotopic (exact) mass is 268 g/mol. The van der Waals surface area contributed by atoms with Crippen LogP contribution in [-0.4, -0.2) is 33.5 Å². The van der Waals surface area contributed by atoms with Crippen molar-refractivity contribution in [2.75, 3.05) is 0 Å². The summed E-state index contributed by atoms with van der Waals surface area (Å²) in [5.74, 6) is -1.20. The molecule has 0 aliphatic heterocycles. The standard InChI is InChI=1S/C15H24O4/c16-13-8-4-1-2-5-9(8)14(17)12-10(13)6-3-7-11(12)15(18)19/h8-14,16-17H,1-7H2,(H,18,19). The van der Waals surface area contributed by atoms with Crippen molar-refractivity contribution in [2.24, 2.45) is 29.6 Å². The molecule has 3 saturated carbocycles. The van der Waals surface area contributed by atoms with Gasteiger partial charge in [-0.1, -0.05) is 19.3 Å². The first-order valence-corrected chi connectivity index (χ1v) is 7.70. The summed E-state index contributed by atoms with van der Waals surface area (Å²) in [6.45, 7) is 0. The minimum absolute atomic E-state index is 0.0100. The van der Waals surface area contributed by atoms with Gasteiger partial charge in [-0.2, -0.15) is 0 Å². The largest absolute Gasteiger partial charge is 0.481 e. The lowest BCUT2D eigenvalue weighted by Crippen LogP contribution is -2.57. The summed E-state index contributed by atoms with van der Waals surface area (Å²) in [5.41, 5.74) is 0. The van der Waals surface area contributed by atoms with Gasteiger partial charge in [0.25, 0.3) is 0 Å². The van der Waals surface area contributed by atoms with Crippen LogP contribution in [0.1, 0.15) is 44.9 Å². The van der Waals surface area contributed by atoms with Crippen LogP contribution in [0.5, 0.6) is 0 Å². The minimum atomic E-state index is -0.796. The third kappa shape index (κ3) is 2.09. The van der Waals surface area contributed by atoms with Gasteiger partial charge in [-0.3, -0.25) is 4.79 Å². The smallest absolute Gasteiger partial charge is 0.306 e. The molecule has 0 heterocycles. The van der Waals surface area contributed by atoms with Gasteiger partial charge < -0.3 is 15.3 Å².